The molecule has 2 aromatic rings. The molecule has 0 spiro atoms. The minimum atomic E-state index is -0.976. The van der Waals surface area contributed by atoms with Crippen LogP contribution in [-0.2, 0) is 6.54 Å². The second-order valence-corrected chi connectivity index (χ2v) is 4.07. The summed E-state index contributed by atoms with van der Waals surface area (Å²) in [5.74, 6) is -1.94. The van der Waals surface area contributed by atoms with Crippen molar-refractivity contribution in [1.82, 2.24) is 0 Å². The number of hydrogen-bond donors (Lipinski definition) is 2. The maximum Gasteiger partial charge on any atom is 0.341 e. The largest absolute Gasteiger partial charge is 1.00 e. The predicted octanol–water partition coefficient (Wildman–Crippen LogP) is -1.58. The van der Waals surface area contributed by atoms with Crippen molar-refractivity contribution in [2.24, 2.45) is 0 Å². The summed E-state index contributed by atoms with van der Waals surface area (Å²) in [7, 11) is 0. The van der Waals surface area contributed by atoms with E-state index in [9.17, 15) is 9.59 Å². The smallest absolute Gasteiger partial charge is 0.341 e. The summed E-state index contributed by atoms with van der Waals surface area (Å²) in [6, 6.07) is 9.66. The first-order valence-electron chi connectivity index (χ1n) is 5.61. The highest BCUT2D eigenvalue weighted by Gasteiger charge is 2.10. The standard InChI is InChI=1S/C14H11NO4.ClH/c16-13(17)11-5-3-10(4-6-11)8-15-7-1-2-12(9-15)14(18)19;/h1-7,9H,8H2,(H-,16,17,18,19);1H. The van der Waals surface area contributed by atoms with Gasteiger partial charge in [0.2, 0.25) is 0 Å². The second-order valence-electron chi connectivity index (χ2n) is 4.07. The molecule has 0 aliphatic carbocycles. The fourth-order valence-corrected chi connectivity index (χ4v) is 1.71. The highest BCUT2D eigenvalue weighted by atomic mass is 35.5. The van der Waals surface area contributed by atoms with Gasteiger partial charge >= 0.3 is 11.9 Å². The number of carboxylic acid groups (broad SMARTS) is 2. The van der Waals surface area contributed by atoms with E-state index >= 15 is 0 Å². The molecule has 5 nitrogen and oxygen atoms in total. The molecule has 20 heavy (non-hydrogen) atoms. The van der Waals surface area contributed by atoms with Gasteiger partial charge in [-0.25, -0.2) is 9.59 Å². The van der Waals surface area contributed by atoms with Gasteiger partial charge in [-0.3, -0.25) is 0 Å². The van der Waals surface area contributed by atoms with Gasteiger partial charge in [-0.1, -0.05) is 12.1 Å². The van der Waals surface area contributed by atoms with E-state index in [1.165, 1.54) is 24.4 Å². The molecule has 0 radical (unpaired) electrons. The third-order valence-electron chi connectivity index (χ3n) is 2.67. The highest BCUT2D eigenvalue weighted by Crippen LogP contribution is 2.04. The van der Waals surface area contributed by atoms with E-state index in [0.29, 0.717) is 6.54 Å². The average Bonchev–Trinajstić information content (AvgIpc) is 2.39. The van der Waals surface area contributed by atoms with Crippen molar-refractivity contribution < 1.29 is 36.8 Å². The van der Waals surface area contributed by atoms with Crippen molar-refractivity contribution in [2.45, 2.75) is 6.54 Å². The zero-order chi connectivity index (χ0) is 13.8. The molecule has 0 fully saturated rings. The lowest BCUT2D eigenvalue weighted by molar-refractivity contribution is -0.688. The molecule has 2 rings (SSSR count). The summed E-state index contributed by atoms with van der Waals surface area (Å²) < 4.78 is 1.74. The van der Waals surface area contributed by atoms with E-state index < -0.39 is 11.9 Å². The quantitative estimate of drug-likeness (QED) is 0.667. The Hall–Kier alpha value is -2.40. The van der Waals surface area contributed by atoms with Crippen molar-refractivity contribution in [3.63, 3.8) is 0 Å². The van der Waals surface area contributed by atoms with E-state index in [1.54, 1.807) is 29.0 Å². The van der Waals surface area contributed by atoms with Gasteiger partial charge < -0.3 is 22.6 Å². The third-order valence-corrected chi connectivity index (χ3v) is 2.67. The predicted molar refractivity (Wildman–Crippen MR) is 66.1 cm³/mol. The average molecular weight is 294 g/mol. The number of aromatic carboxylic acids is 2. The Morgan fingerprint density at radius 3 is 2.10 bits per heavy atom. The van der Waals surface area contributed by atoms with Crippen LogP contribution in [0.4, 0.5) is 0 Å². The topological polar surface area (TPSA) is 78.5 Å². The fraction of sp³-hybridized carbons (Fsp3) is 0.0714. The summed E-state index contributed by atoms with van der Waals surface area (Å²) in [6.45, 7) is 0.487. The lowest BCUT2D eigenvalue weighted by Gasteiger charge is -2.00. The maximum absolute atomic E-state index is 10.8. The van der Waals surface area contributed by atoms with Gasteiger partial charge in [0.1, 0.15) is 5.56 Å². The lowest BCUT2D eigenvalue weighted by atomic mass is 10.1. The first-order valence-corrected chi connectivity index (χ1v) is 5.61. The molecule has 1 aromatic heterocycles. The Kier molecular flexibility index (Phi) is 5.23. The molecule has 104 valence electrons. The minimum Gasteiger partial charge on any atom is -1.00 e. The Balaban J connectivity index is 0.00000200. The van der Waals surface area contributed by atoms with Crippen LogP contribution in [0.1, 0.15) is 26.3 Å². The van der Waals surface area contributed by atoms with Crippen LogP contribution in [0, 0.1) is 0 Å². The number of carboxylic acids is 2. The second kappa shape index (κ2) is 6.68. The SMILES string of the molecule is O=C(O)c1ccc(C[n+]2cccc(C(=O)O)c2)cc1.[Cl-]. The molecule has 6 heteroatoms. The van der Waals surface area contributed by atoms with Crippen LogP contribution < -0.4 is 17.0 Å². The zero-order valence-electron chi connectivity index (χ0n) is 10.4. The number of benzene rings is 1. The van der Waals surface area contributed by atoms with Crippen LogP contribution in [0.3, 0.4) is 0 Å². The van der Waals surface area contributed by atoms with Crippen molar-refractivity contribution >= 4 is 11.9 Å². The first kappa shape index (κ1) is 15.7. The summed E-state index contributed by atoms with van der Waals surface area (Å²) in [4.78, 5) is 21.6. The van der Waals surface area contributed by atoms with Gasteiger partial charge in [0, 0.05) is 11.6 Å². The molecule has 0 atom stereocenters. The molecule has 0 aliphatic rings. The summed E-state index contributed by atoms with van der Waals surface area (Å²) in [5, 5.41) is 17.7. The monoisotopic (exact) mass is 293 g/mol. The van der Waals surface area contributed by atoms with E-state index in [-0.39, 0.29) is 23.5 Å². The van der Waals surface area contributed by atoms with Gasteiger partial charge in [-0.2, -0.15) is 4.57 Å². The molecule has 1 aromatic carbocycles. The molecule has 1 heterocycles. The van der Waals surface area contributed by atoms with Crippen molar-refractivity contribution in [1.29, 1.82) is 0 Å². The number of nitrogens with zero attached hydrogens (tertiary/aromatic N) is 1. The lowest BCUT2D eigenvalue weighted by Crippen LogP contribution is -3.00. The Morgan fingerprint density at radius 1 is 0.950 bits per heavy atom. The number of aromatic nitrogens is 1. The number of halogens is 1. The van der Waals surface area contributed by atoms with E-state index in [2.05, 4.69) is 0 Å². The van der Waals surface area contributed by atoms with E-state index in [1.807, 2.05) is 0 Å². The molecule has 0 bridgehead atoms. The Labute approximate surface area is 121 Å². The van der Waals surface area contributed by atoms with Crippen LogP contribution in [0.15, 0.2) is 48.8 Å². The number of hydrogen-bond acceptors (Lipinski definition) is 2. The van der Waals surface area contributed by atoms with Crippen molar-refractivity contribution in [3.8, 4) is 0 Å². The molecular weight excluding hydrogens is 282 g/mol. The van der Waals surface area contributed by atoms with Gasteiger partial charge in [0.15, 0.2) is 18.9 Å². The van der Waals surface area contributed by atoms with Gasteiger partial charge in [-0.15, -0.1) is 0 Å². The Morgan fingerprint density at radius 2 is 1.55 bits per heavy atom. The normalized spacial score (nSPS) is 9.60. The van der Waals surface area contributed by atoms with Crippen LogP contribution in [0.2, 0.25) is 0 Å². The fourth-order valence-electron chi connectivity index (χ4n) is 1.71. The van der Waals surface area contributed by atoms with Crippen molar-refractivity contribution in [3.05, 3.63) is 65.5 Å². The molecule has 0 saturated heterocycles. The van der Waals surface area contributed by atoms with E-state index in [0.717, 1.165) is 5.56 Å². The number of carbonyl (C=O) groups is 2. The van der Waals surface area contributed by atoms with E-state index in [4.69, 9.17) is 10.2 Å². The van der Waals surface area contributed by atoms with Crippen LogP contribution in [0.25, 0.3) is 0 Å². The molecule has 0 amide bonds. The highest BCUT2D eigenvalue weighted by molar-refractivity contribution is 5.87. The number of rotatable bonds is 4. The molecule has 0 saturated carbocycles. The van der Waals surface area contributed by atoms with Crippen LogP contribution >= 0.6 is 0 Å². The summed E-state index contributed by atoms with van der Waals surface area (Å²) >= 11 is 0. The maximum atomic E-state index is 10.8. The molecule has 2 N–H and O–H groups in total. The Bertz CT molecular complexity index is 625. The van der Waals surface area contributed by atoms with Gasteiger partial charge in [0.05, 0.1) is 5.56 Å². The molecule has 0 aliphatic heterocycles. The van der Waals surface area contributed by atoms with Crippen molar-refractivity contribution in [2.75, 3.05) is 0 Å². The molecular formula is C14H12ClNO4. The van der Waals surface area contributed by atoms with Gasteiger partial charge in [-0.05, 0) is 18.2 Å². The van der Waals surface area contributed by atoms with Gasteiger partial charge in [0.25, 0.3) is 0 Å². The third kappa shape index (κ3) is 3.80. The molecule has 0 unspecified atom stereocenters. The van der Waals surface area contributed by atoms with Crippen LogP contribution in [0.5, 0.6) is 0 Å². The first-order chi connectivity index (χ1) is 9.06. The summed E-state index contributed by atoms with van der Waals surface area (Å²) in [5.41, 5.74) is 1.34. The number of pyridine rings is 1. The zero-order valence-corrected chi connectivity index (χ0v) is 11.1. The summed E-state index contributed by atoms with van der Waals surface area (Å²) in [6.07, 6.45) is 3.30. The van der Waals surface area contributed by atoms with Crippen LogP contribution in [-0.4, -0.2) is 22.2 Å². The minimum absolute atomic E-state index is 0.